The van der Waals surface area contributed by atoms with Gasteiger partial charge in [-0.05, 0) is 23.8 Å². The van der Waals surface area contributed by atoms with E-state index in [1.807, 2.05) is 24.3 Å². The molecule has 0 spiro atoms. The number of halogens is 1. The molecule has 0 unspecified atom stereocenters. The molecule has 1 amide bonds. The molecule has 7 nitrogen and oxygen atoms in total. The number of rotatable bonds is 6. The second-order valence-corrected chi connectivity index (χ2v) is 5.26. The maximum Gasteiger partial charge on any atom is 0.252 e. The molecule has 0 aliphatic carbocycles. The van der Waals surface area contributed by atoms with Gasteiger partial charge in [0.2, 0.25) is 5.95 Å². The summed E-state index contributed by atoms with van der Waals surface area (Å²) in [5, 5.41) is 9.81. The van der Waals surface area contributed by atoms with Crippen LogP contribution >= 0.6 is 11.6 Å². The zero-order valence-electron chi connectivity index (χ0n) is 12.6. The Labute approximate surface area is 143 Å². The molecule has 24 heavy (non-hydrogen) atoms. The van der Waals surface area contributed by atoms with Crippen LogP contribution in [0.4, 0.5) is 5.95 Å². The molecule has 0 bridgehead atoms. The van der Waals surface area contributed by atoms with Gasteiger partial charge in [-0.3, -0.25) is 20.2 Å². The summed E-state index contributed by atoms with van der Waals surface area (Å²) in [4.78, 5) is 20.2. The number of anilines is 1. The highest BCUT2D eigenvalue weighted by Crippen LogP contribution is 2.15. The largest absolute Gasteiger partial charge is 0.367 e. The number of aromatic amines is 1. The van der Waals surface area contributed by atoms with Crippen molar-refractivity contribution in [2.45, 2.75) is 6.61 Å². The molecular formula is C16H14ClN5O2. The maximum atomic E-state index is 11.9. The van der Waals surface area contributed by atoms with Crippen molar-refractivity contribution in [2.24, 2.45) is 0 Å². The van der Waals surface area contributed by atoms with Gasteiger partial charge in [0.15, 0.2) is 5.82 Å². The van der Waals surface area contributed by atoms with Crippen LogP contribution in [0.25, 0.3) is 11.5 Å². The van der Waals surface area contributed by atoms with E-state index in [-0.39, 0.29) is 25.1 Å². The van der Waals surface area contributed by atoms with Crippen molar-refractivity contribution in [3.8, 4) is 11.5 Å². The van der Waals surface area contributed by atoms with Crippen LogP contribution in [0.1, 0.15) is 5.56 Å². The number of nitrogens with zero attached hydrogens (tertiary/aromatic N) is 3. The fraction of sp³-hybridized carbons (Fsp3) is 0.125. The van der Waals surface area contributed by atoms with Gasteiger partial charge in [0.05, 0.1) is 6.61 Å². The molecule has 2 N–H and O–H groups in total. The van der Waals surface area contributed by atoms with E-state index in [1.54, 1.807) is 24.4 Å². The Bertz CT molecular complexity index is 822. The first kappa shape index (κ1) is 16.1. The van der Waals surface area contributed by atoms with Crippen molar-refractivity contribution in [3.63, 3.8) is 0 Å². The van der Waals surface area contributed by atoms with Crippen LogP contribution in [-0.2, 0) is 16.1 Å². The lowest BCUT2D eigenvalue weighted by molar-refractivity contribution is -0.121. The molecule has 0 aliphatic rings. The Morgan fingerprint density at radius 1 is 1.21 bits per heavy atom. The average Bonchev–Trinajstić information content (AvgIpc) is 3.06. The van der Waals surface area contributed by atoms with Gasteiger partial charge in [0, 0.05) is 11.2 Å². The van der Waals surface area contributed by atoms with E-state index < -0.39 is 0 Å². The third-order valence-electron chi connectivity index (χ3n) is 3.09. The number of carbonyl (C=O) groups excluding carboxylic acids is 1. The highest BCUT2D eigenvalue weighted by atomic mass is 35.5. The van der Waals surface area contributed by atoms with E-state index in [0.717, 1.165) is 5.56 Å². The predicted octanol–water partition coefficient (Wildman–Crippen LogP) is 2.68. The first-order valence-electron chi connectivity index (χ1n) is 7.17. The number of benzene rings is 1. The monoisotopic (exact) mass is 343 g/mol. The van der Waals surface area contributed by atoms with Crippen LogP contribution in [0.3, 0.4) is 0 Å². The first-order valence-corrected chi connectivity index (χ1v) is 7.55. The second kappa shape index (κ2) is 7.67. The van der Waals surface area contributed by atoms with Crippen LogP contribution in [0.5, 0.6) is 0 Å². The average molecular weight is 344 g/mol. The van der Waals surface area contributed by atoms with Crippen molar-refractivity contribution >= 4 is 23.5 Å². The Kier molecular flexibility index (Phi) is 5.15. The second-order valence-electron chi connectivity index (χ2n) is 4.85. The van der Waals surface area contributed by atoms with E-state index in [4.69, 9.17) is 16.3 Å². The van der Waals surface area contributed by atoms with Gasteiger partial charge >= 0.3 is 0 Å². The quantitative estimate of drug-likeness (QED) is 0.717. The number of nitrogens with one attached hydrogen (secondary N) is 2. The highest BCUT2D eigenvalue weighted by molar-refractivity contribution is 6.31. The third-order valence-corrected chi connectivity index (χ3v) is 3.46. The molecule has 8 heteroatoms. The lowest BCUT2D eigenvalue weighted by atomic mass is 10.2. The van der Waals surface area contributed by atoms with E-state index in [1.165, 1.54) is 0 Å². The number of pyridine rings is 1. The highest BCUT2D eigenvalue weighted by Gasteiger charge is 2.10. The van der Waals surface area contributed by atoms with Gasteiger partial charge in [-0.1, -0.05) is 35.9 Å². The fourth-order valence-corrected chi connectivity index (χ4v) is 2.16. The Morgan fingerprint density at radius 2 is 2.04 bits per heavy atom. The van der Waals surface area contributed by atoms with Crippen LogP contribution in [0.15, 0.2) is 48.7 Å². The molecule has 2 aromatic heterocycles. The standard InChI is InChI=1S/C16H14ClN5O2/c17-12-6-2-1-5-11(12)9-24-10-14(23)19-16-20-15(21-22-16)13-7-3-4-8-18-13/h1-8H,9-10H2,(H2,19,20,21,22,23). The summed E-state index contributed by atoms with van der Waals surface area (Å²) in [5.41, 5.74) is 1.46. The molecule has 122 valence electrons. The van der Waals surface area contributed by atoms with Gasteiger partial charge in [-0.15, -0.1) is 5.10 Å². The van der Waals surface area contributed by atoms with Crippen LogP contribution in [0, 0.1) is 0 Å². The molecule has 0 radical (unpaired) electrons. The van der Waals surface area contributed by atoms with Gasteiger partial charge in [0.25, 0.3) is 5.91 Å². The number of hydrogen-bond acceptors (Lipinski definition) is 5. The minimum Gasteiger partial charge on any atom is -0.367 e. The van der Waals surface area contributed by atoms with E-state index in [2.05, 4.69) is 25.5 Å². The Hall–Kier alpha value is -2.77. The Morgan fingerprint density at radius 3 is 2.83 bits per heavy atom. The predicted molar refractivity (Wildman–Crippen MR) is 89.4 cm³/mol. The normalized spacial score (nSPS) is 10.5. The third kappa shape index (κ3) is 4.15. The SMILES string of the molecule is O=C(COCc1ccccc1Cl)Nc1n[nH]c(-c2ccccn2)n1. The summed E-state index contributed by atoms with van der Waals surface area (Å²) in [6, 6.07) is 12.7. The van der Waals surface area contributed by atoms with Gasteiger partial charge in [0.1, 0.15) is 12.3 Å². The van der Waals surface area contributed by atoms with Crippen LogP contribution in [0.2, 0.25) is 5.02 Å². The number of ether oxygens (including phenoxy) is 1. The minimum absolute atomic E-state index is 0.126. The Balaban J connectivity index is 1.51. The van der Waals surface area contributed by atoms with E-state index >= 15 is 0 Å². The minimum atomic E-state index is -0.353. The van der Waals surface area contributed by atoms with Crippen LogP contribution in [-0.4, -0.2) is 32.7 Å². The van der Waals surface area contributed by atoms with Crippen molar-refractivity contribution in [1.29, 1.82) is 0 Å². The molecule has 3 rings (SSSR count). The molecule has 0 fully saturated rings. The van der Waals surface area contributed by atoms with Crippen LogP contribution < -0.4 is 5.32 Å². The number of carbonyl (C=O) groups is 1. The molecule has 0 aliphatic heterocycles. The molecular weight excluding hydrogens is 330 g/mol. The smallest absolute Gasteiger partial charge is 0.252 e. The fourth-order valence-electron chi connectivity index (χ4n) is 1.97. The lowest BCUT2D eigenvalue weighted by Crippen LogP contribution is -2.19. The summed E-state index contributed by atoms with van der Waals surface area (Å²) in [6.45, 7) is 0.124. The van der Waals surface area contributed by atoms with Crippen molar-refractivity contribution in [1.82, 2.24) is 20.2 Å². The lowest BCUT2D eigenvalue weighted by Gasteiger charge is -2.05. The van der Waals surface area contributed by atoms with Gasteiger partial charge in [-0.2, -0.15) is 4.98 Å². The zero-order valence-corrected chi connectivity index (χ0v) is 13.3. The zero-order chi connectivity index (χ0) is 16.8. The summed E-state index contributed by atoms with van der Waals surface area (Å²) in [7, 11) is 0. The molecule has 0 atom stereocenters. The molecule has 0 saturated carbocycles. The van der Waals surface area contributed by atoms with E-state index in [9.17, 15) is 4.79 Å². The summed E-state index contributed by atoms with van der Waals surface area (Å²) in [5.74, 6) is 0.290. The summed E-state index contributed by atoms with van der Waals surface area (Å²) in [6.07, 6.45) is 1.65. The maximum absolute atomic E-state index is 11.9. The topological polar surface area (TPSA) is 92.8 Å². The van der Waals surface area contributed by atoms with Crippen molar-refractivity contribution in [3.05, 3.63) is 59.2 Å². The van der Waals surface area contributed by atoms with Gasteiger partial charge in [-0.25, -0.2) is 0 Å². The summed E-state index contributed by atoms with van der Waals surface area (Å²) < 4.78 is 5.35. The number of hydrogen-bond donors (Lipinski definition) is 2. The van der Waals surface area contributed by atoms with Crippen molar-refractivity contribution < 1.29 is 9.53 Å². The number of amides is 1. The van der Waals surface area contributed by atoms with Gasteiger partial charge < -0.3 is 4.74 Å². The van der Waals surface area contributed by atoms with Crippen molar-refractivity contribution in [2.75, 3.05) is 11.9 Å². The number of aromatic nitrogens is 4. The molecule has 2 heterocycles. The molecule has 0 saturated heterocycles. The molecule has 3 aromatic rings. The summed E-state index contributed by atoms with van der Waals surface area (Å²) >= 11 is 6.02. The number of H-pyrrole nitrogens is 1. The first-order chi connectivity index (χ1) is 11.7. The molecule has 1 aromatic carbocycles. The van der Waals surface area contributed by atoms with E-state index in [0.29, 0.717) is 16.5 Å².